The van der Waals surface area contributed by atoms with Gasteiger partial charge in [0.1, 0.15) is 17.4 Å². The first-order chi connectivity index (χ1) is 18.6. The lowest BCUT2D eigenvalue weighted by Crippen LogP contribution is -2.23. The van der Waals surface area contributed by atoms with Crippen molar-refractivity contribution in [1.29, 1.82) is 0 Å². The minimum absolute atomic E-state index is 0.253. The van der Waals surface area contributed by atoms with Gasteiger partial charge in [-0.1, -0.05) is 30.3 Å². The maximum Gasteiger partial charge on any atom is 0.224 e. The summed E-state index contributed by atoms with van der Waals surface area (Å²) in [6.45, 7) is 4.15. The van der Waals surface area contributed by atoms with E-state index in [0.717, 1.165) is 56.0 Å². The summed E-state index contributed by atoms with van der Waals surface area (Å²) < 4.78 is 27.5. The molecule has 1 amide bonds. The van der Waals surface area contributed by atoms with Gasteiger partial charge in [-0.3, -0.25) is 4.79 Å². The Morgan fingerprint density at radius 3 is 2.58 bits per heavy atom. The lowest BCUT2D eigenvalue weighted by molar-refractivity contribution is -0.109. The molecule has 0 atom stereocenters. The first-order valence-electron chi connectivity index (χ1n) is 13.0. The number of carbonyl (C=O) groups is 1. The number of carbonyl (C=O) groups excluding carboxylic acids is 1. The van der Waals surface area contributed by atoms with Crippen LogP contribution in [0.15, 0.2) is 60.8 Å². The highest BCUT2D eigenvalue weighted by molar-refractivity contribution is 5.78. The summed E-state index contributed by atoms with van der Waals surface area (Å²) in [7, 11) is 0. The number of hydrogen-bond donors (Lipinski definition) is 2. The van der Waals surface area contributed by atoms with Crippen LogP contribution in [-0.4, -0.2) is 46.8 Å². The zero-order valence-electron chi connectivity index (χ0n) is 21.4. The second-order valence-electron chi connectivity index (χ2n) is 9.65. The zero-order valence-corrected chi connectivity index (χ0v) is 21.4. The van der Waals surface area contributed by atoms with Crippen molar-refractivity contribution in [3.63, 3.8) is 0 Å². The number of anilines is 1. The second-order valence-corrected chi connectivity index (χ2v) is 9.65. The first kappa shape index (κ1) is 25.7. The molecule has 1 aliphatic heterocycles. The predicted octanol–water partition coefficient (Wildman–Crippen LogP) is 5.37. The molecule has 1 saturated heterocycles. The Balaban J connectivity index is 0.000000433. The molecule has 2 aromatic carbocycles. The van der Waals surface area contributed by atoms with Crippen LogP contribution in [0.2, 0.25) is 0 Å². The van der Waals surface area contributed by atoms with Crippen LogP contribution in [0, 0.1) is 18.7 Å². The number of aryl methyl sites for hydroxylation is 1. The zero-order chi connectivity index (χ0) is 26.3. The molecule has 2 N–H and O–H groups in total. The van der Waals surface area contributed by atoms with E-state index >= 15 is 0 Å². The van der Waals surface area contributed by atoms with Gasteiger partial charge in [0, 0.05) is 37.4 Å². The predicted molar refractivity (Wildman–Crippen MR) is 144 cm³/mol. The molecule has 0 spiro atoms. The summed E-state index contributed by atoms with van der Waals surface area (Å²) >= 11 is 0. The number of fused-ring (bicyclic) bond motifs is 1. The Bertz CT molecular complexity index is 1370. The number of benzene rings is 2. The number of aromatic nitrogens is 3. The SMILES string of the molecule is Cc1ccc(-c2cnn3c(NCC4CCOCC4)cc(Oc4ccccc4)nc23)cc1F.O=CNC1CC1. The molecule has 0 bridgehead atoms. The molecular weight excluding hydrogens is 485 g/mol. The average molecular weight is 518 g/mol. The molecule has 0 radical (unpaired) electrons. The molecule has 6 rings (SSSR count). The van der Waals surface area contributed by atoms with E-state index in [4.69, 9.17) is 14.5 Å². The number of nitrogens with one attached hydrogen (secondary N) is 2. The van der Waals surface area contributed by atoms with Gasteiger partial charge in [0.2, 0.25) is 12.3 Å². The average Bonchev–Trinajstić information content (AvgIpc) is 3.66. The molecule has 2 aromatic heterocycles. The van der Waals surface area contributed by atoms with Crippen molar-refractivity contribution in [3.05, 3.63) is 72.2 Å². The first-order valence-corrected chi connectivity index (χ1v) is 13.0. The Morgan fingerprint density at radius 2 is 1.89 bits per heavy atom. The van der Waals surface area contributed by atoms with Crippen LogP contribution in [0.1, 0.15) is 31.2 Å². The van der Waals surface area contributed by atoms with Crippen molar-refractivity contribution in [3.8, 4) is 22.8 Å². The number of nitrogens with zero attached hydrogens (tertiary/aromatic N) is 3. The highest BCUT2D eigenvalue weighted by Crippen LogP contribution is 2.30. The van der Waals surface area contributed by atoms with Crippen LogP contribution in [0.4, 0.5) is 10.2 Å². The molecule has 1 aliphatic carbocycles. The van der Waals surface area contributed by atoms with Gasteiger partial charge < -0.3 is 20.1 Å². The van der Waals surface area contributed by atoms with Crippen molar-refractivity contribution in [2.24, 2.45) is 5.92 Å². The van der Waals surface area contributed by atoms with Crippen molar-refractivity contribution >= 4 is 17.9 Å². The summed E-state index contributed by atoms with van der Waals surface area (Å²) in [5, 5.41) is 10.7. The second kappa shape index (κ2) is 12.0. The fraction of sp³-hybridized carbons (Fsp3) is 0.345. The largest absolute Gasteiger partial charge is 0.439 e. The fourth-order valence-corrected chi connectivity index (χ4v) is 4.24. The summed E-state index contributed by atoms with van der Waals surface area (Å²) in [5.41, 5.74) is 2.68. The Hall–Kier alpha value is -3.98. The number of para-hydroxylation sites is 1. The van der Waals surface area contributed by atoms with E-state index in [1.807, 2.05) is 42.5 Å². The normalized spacial score (nSPS) is 15.4. The molecule has 38 heavy (non-hydrogen) atoms. The Labute approximate surface area is 221 Å². The van der Waals surface area contributed by atoms with Crippen LogP contribution in [0.3, 0.4) is 0 Å². The van der Waals surface area contributed by atoms with Gasteiger partial charge in [0.15, 0.2) is 5.65 Å². The number of rotatable bonds is 8. The maximum absolute atomic E-state index is 14.2. The smallest absolute Gasteiger partial charge is 0.224 e. The summed E-state index contributed by atoms with van der Waals surface area (Å²) in [4.78, 5) is 14.3. The van der Waals surface area contributed by atoms with Crippen LogP contribution >= 0.6 is 0 Å². The summed E-state index contributed by atoms with van der Waals surface area (Å²) in [5.74, 6) is 2.21. The van der Waals surface area contributed by atoms with Crippen LogP contribution in [-0.2, 0) is 9.53 Å². The molecule has 8 nitrogen and oxygen atoms in total. The van der Waals surface area contributed by atoms with Crippen LogP contribution in [0.5, 0.6) is 11.6 Å². The molecule has 3 heterocycles. The topological polar surface area (TPSA) is 89.8 Å². The molecule has 2 aliphatic rings. The van der Waals surface area contributed by atoms with E-state index in [1.54, 1.807) is 23.7 Å². The minimum atomic E-state index is -0.253. The lowest BCUT2D eigenvalue weighted by Gasteiger charge is -2.22. The number of amides is 1. The van der Waals surface area contributed by atoms with Gasteiger partial charge in [-0.2, -0.15) is 14.6 Å². The highest BCUT2D eigenvalue weighted by Gasteiger charge is 2.19. The van der Waals surface area contributed by atoms with Gasteiger partial charge in [-0.25, -0.2) is 4.39 Å². The van der Waals surface area contributed by atoms with E-state index in [-0.39, 0.29) is 5.82 Å². The molecule has 1 saturated carbocycles. The van der Waals surface area contributed by atoms with Gasteiger partial charge in [-0.15, -0.1) is 0 Å². The van der Waals surface area contributed by atoms with Crippen molar-refractivity contribution in [2.45, 2.75) is 38.6 Å². The molecule has 4 aromatic rings. The molecule has 2 fully saturated rings. The van der Waals surface area contributed by atoms with Crippen LogP contribution in [0.25, 0.3) is 16.8 Å². The third kappa shape index (κ3) is 6.47. The highest BCUT2D eigenvalue weighted by atomic mass is 19.1. The van der Waals surface area contributed by atoms with Gasteiger partial charge >= 0.3 is 0 Å². The van der Waals surface area contributed by atoms with E-state index in [2.05, 4.69) is 15.7 Å². The third-order valence-electron chi connectivity index (χ3n) is 6.69. The standard InChI is InChI=1S/C25H25FN4O2.C4H7NO/c1-17-7-8-19(13-22(17)26)21-16-28-30-23(27-15-18-9-11-31-12-10-18)14-24(29-25(21)30)32-20-5-3-2-4-6-20;6-3-5-4-1-2-4/h2-8,13-14,16,18,27H,9-12,15H2,1H3;3-4H,1-2H2,(H,5,6). The van der Waals surface area contributed by atoms with E-state index in [1.165, 1.54) is 18.9 Å². The quantitative estimate of drug-likeness (QED) is 0.306. The minimum Gasteiger partial charge on any atom is -0.439 e. The molecule has 198 valence electrons. The third-order valence-corrected chi connectivity index (χ3v) is 6.69. The van der Waals surface area contributed by atoms with E-state index in [0.29, 0.717) is 34.8 Å². The lowest BCUT2D eigenvalue weighted by atomic mass is 10.0. The number of halogens is 1. The molecular formula is C29H32FN5O3. The van der Waals surface area contributed by atoms with Gasteiger partial charge in [0.25, 0.3) is 0 Å². The Morgan fingerprint density at radius 1 is 1.11 bits per heavy atom. The van der Waals surface area contributed by atoms with Crippen molar-refractivity contribution in [2.75, 3.05) is 25.1 Å². The molecule has 0 unspecified atom stereocenters. The number of ether oxygens (including phenoxy) is 2. The van der Waals surface area contributed by atoms with Gasteiger partial charge in [0.05, 0.1) is 6.20 Å². The molecule has 9 heteroatoms. The summed E-state index contributed by atoms with van der Waals surface area (Å²) in [6.07, 6.45) is 6.90. The van der Waals surface area contributed by atoms with Gasteiger partial charge in [-0.05, 0) is 67.9 Å². The van der Waals surface area contributed by atoms with Crippen molar-refractivity contribution in [1.82, 2.24) is 19.9 Å². The van der Waals surface area contributed by atoms with E-state index < -0.39 is 0 Å². The summed E-state index contributed by atoms with van der Waals surface area (Å²) in [6, 6.07) is 17.1. The number of hydrogen-bond acceptors (Lipinski definition) is 6. The van der Waals surface area contributed by atoms with E-state index in [9.17, 15) is 9.18 Å². The monoisotopic (exact) mass is 517 g/mol. The Kier molecular flexibility index (Phi) is 8.13. The van der Waals surface area contributed by atoms with Crippen molar-refractivity contribution < 1.29 is 18.7 Å². The fourth-order valence-electron chi connectivity index (χ4n) is 4.24. The maximum atomic E-state index is 14.2. The van der Waals surface area contributed by atoms with Crippen LogP contribution < -0.4 is 15.4 Å².